The Morgan fingerprint density at radius 2 is 1.76 bits per heavy atom. The van der Waals surface area contributed by atoms with Gasteiger partial charge in [-0.05, 0) is 5.92 Å². The molecular formula is C10H19N3O4. The summed E-state index contributed by atoms with van der Waals surface area (Å²) in [6, 6.07) is -1.35. The van der Waals surface area contributed by atoms with E-state index < -0.39 is 23.9 Å². The Morgan fingerprint density at radius 1 is 1.24 bits per heavy atom. The molecule has 0 radical (unpaired) electrons. The number of hydrogen-bond acceptors (Lipinski definition) is 3. The highest BCUT2D eigenvalue weighted by molar-refractivity contribution is 5.87. The molecule has 17 heavy (non-hydrogen) atoms. The molecule has 0 aliphatic heterocycles. The molecule has 3 amide bonds. The van der Waals surface area contributed by atoms with Gasteiger partial charge in [0.05, 0.1) is 6.54 Å². The van der Waals surface area contributed by atoms with E-state index in [1.165, 1.54) is 4.90 Å². The van der Waals surface area contributed by atoms with Crippen LogP contribution >= 0.6 is 0 Å². The Balaban J connectivity index is 4.17. The van der Waals surface area contributed by atoms with Gasteiger partial charge in [-0.1, -0.05) is 13.8 Å². The number of carboxylic acids is 1. The van der Waals surface area contributed by atoms with E-state index in [0.29, 0.717) is 0 Å². The molecule has 0 spiro atoms. The first-order chi connectivity index (χ1) is 7.75. The van der Waals surface area contributed by atoms with Crippen molar-refractivity contribution in [3.8, 4) is 0 Å². The molecule has 0 aliphatic carbocycles. The molecule has 0 aromatic heterocycles. The summed E-state index contributed by atoms with van der Waals surface area (Å²) in [5.74, 6) is -1.84. The predicted octanol–water partition coefficient (Wildman–Crippen LogP) is -0.517. The van der Waals surface area contributed by atoms with Crippen LogP contribution in [0.15, 0.2) is 0 Å². The zero-order valence-electron chi connectivity index (χ0n) is 10.5. The fourth-order valence-electron chi connectivity index (χ4n) is 1.05. The summed E-state index contributed by atoms with van der Waals surface area (Å²) in [6.45, 7) is 3.14. The van der Waals surface area contributed by atoms with Crippen LogP contribution < -0.4 is 10.6 Å². The second-order valence-corrected chi connectivity index (χ2v) is 4.18. The summed E-state index contributed by atoms with van der Waals surface area (Å²) in [5.41, 5.74) is 0. The summed E-state index contributed by atoms with van der Waals surface area (Å²) in [4.78, 5) is 34.6. The van der Waals surface area contributed by atoms with Crippen molar-refractivity contribution in [3.63, 3.8) is 0 Å². The van der Waals surface area contributed by atoms with Crippen molar-refractivity contribution in [1.29, 1.82) is 0 Å². The van der Waals surface area contributed by atoms with Gasteiger partial charge in [0.15, 0.2) is 0 Å². The van der Waals surface area contributed by atoms with Crippen LogP contribution in [0.25, 0.3) is 0 Å². The largest absolute Gasteiger partial charge is 0.480 e. The van der Waals surface area contributed by atoms with Gasteiger partial charge in [-0.2, -0.15) is 0 Å². The van der Waals surface area contributed by atoms with Crippen molar-refractivity contribution in [1.82, 2.24) is 15.5 Å². The van der Waals surface area contributed by atoms with E-state index in [0.717, 1.165) is 0 Å². The van der Waals surface area contributed by atoms with Gasteiger partial charge in [-0.3, -0.25) is 4.79 Å². The molecule has 1 atom stereocenters. The van der Waals surface area contributed by atoms with Crippen molar-refractivity contribution in [2.24, 2.45) is 5.92 Å². The molecule has 0 saturated heterocycles. The summed E-state index contributed by atoms with van der Waals surface area (Å²) in [6.07, 6.45) is 0. The minimum absolute atomic E-state index is 0.221. The fourth-order valence-corrected chi connectivity index (χ4v) is 1.05. The second kappa shape index (κ2) is 6.72. The third-order valence-electron chi connectivity index (χ3n) is 2.06. The lowest BCUT2D eigenvalue weighted by Gasteiger charge is -2.18. The van der Waals surface area contributed by atoms with Crippen LogP contribution in [0, 0.1) is 5.92 Å². The van der Waals surface area contributed by atoms with Crippen LogP contribution in [0.5, 0.6) is 0 Å². The third-order valence-corrected chi connectivity index (χ3v) is 2.06. The van der Waals surface area contributed by atoms with Gasteiger partial charge in [-0.15, -0.1) is 0 Å². The van der Waals surface area contributed by atoms with Crippen LogP contribution in [0.1, 0.15) is 13.8 Å². The lowest BCUT2D eigenvalue weighted by atomic mass is 10.1. The molecule has 0 bridgehead atoms. The summed E-state index contributed by atoms with van der Waals surface area (Å²) < 4.78 is 0. The SMILES string of the molecule is CC(C)C(NC(=O)CNC(=O)N(C)C)C(=O)O. The first kappa shape index (κ1) is 15.2. The van der Waals surface area contributed by atoms with E-state index in [1.54, 1.807) is 27.9 Å². The molecule has 0 saturated carbocycles. The second-order valence-electron chi connectivity index (χ2n) is 4.18. The van der Waals surface area contributed by atoms with Crippen molar-refractivity contribution in [2.75, 3.05) is 20.6 Å². The lowest BCUT2D eigenvalue weighted by molar-refractivity contribution is -0.142. The average molecular weight is 245 g/mol. The Labute approximate surface area is 100 Å². The molecule has 0 heterocycles. The first-order valence-electron chi connectivity index (χ1n) is 5.23. The maximum atomic E-state index is 11.4. The number of carbonyl (C=O) groups excluding carboxylic acids is 2. The average Bonchev–Trinajstić information content (AvgIpc) is 2.21. The lowest BCUT2D eigenvalue weighted by Crippen LogP contribution is -2.49. The quantitative estimate of drug-likeness (QED) is 0.607. The van der Waals surface area contributed by atoms with Crippen LogP contribution in [-0.4, -0.2) is 54.6 Å². The monoisotopic (exact) mass is 245 g/mol. The van der Waals surface area contributed by atoms with Gasteiger partial charge in [0.25, 0.3) is 0 Å². The van der Waals surface area contributed by atoms with Crippen LogP contribution in [0.3, 0.4) is 0 Å². The summed E-state index contributed by atoms with van der Waals surface area (Å²) in [7, 11) is 3.09. The molecule has 0 rings (SSSR count). The summed E-state index contributed by atoms with van der Waals surface area (Å²) >= 11 is 0. The Bertz CT molecular complexity index is 302. The number of nitrogens with one attached hydrogen (secondary N) is 2. The molecule has 1 unspecified atom stereocenters. The van der Waals surface area contributed by atoms with Gasteiger partial charge in [-0.25, -0.2) is 9.59 Å². The number of rotatable bonds is 5. The van der Waals surface area contributed by atoms with E-state index in [1.807, 2.05) is 0 Å². The highest BCUT2D eigenvalue weighted by Gasteiger charge is 2.23. The van der Waals surface area contributed by atoms with Gasteiger partial charge >= 0.3 is 12.0 Å². The van der Waals surface area contributed by atoms with Crippen molar-refractivity contribution in [2.45, 2.75) is 19.9 Å². The van der Waals surface area contributed by atoms with E-state index in [9.17, 15) is 14.4 Å². The highest BCUT2D eigenvalue weighted by atomic mass is 16.4. The normalized spacial score (nSPS) is 11.8. The first-order valence-corrected chi connectivity index (χ1v) is 5.23. The van der Waals surface area contributed by atoms with Crippen molar-refractivity contribution in [3.05, 3.63) is 0 Å². The van der Waals surface area contributed by atoms with Gasteiger partial charge in [0, 0.05) is 14.1 Å². The molecule has 98 valence electrons. The van der Waals surface area contributed by atoms with Crippen LogP contribution in [0.2, 0.25) is 0 Å². The van der Waals surface area contributed by atoms with E-state index in [2.05, 4.69) is 10.6 Å². The molecule has 7 heteroatoms. The van der Waals surface area contributed by atoms with Crippen molar-refractivity contribution >= 4 is 17.9 Å². The van der Waals surface area contributed by atoms with Crippen LogP contribution in [0.4, 0.5) is 4.79 Å². The zero-order valence-corrected chi connectivity index (χ0v) is 10.5. The minimum atomic E-state index is -1.09. The predicted molar refractivity (Wildman–Crippen MR) is 61.5 cm³/mol. The van der Waals surface area contributed by atoms with E-state index >= 15 is 0 Å². The van der Waals surface area contributed by atoms with E-state index in [-0.39, 0.29) is 12.5 Å². The van der Waals surface area contributed by atoms with Crippen molar-refractivity contribution < 1.29 is 19.5 Å². The standard InChI is InChI=1S/C10H19N3O4/c1-6(2)8(9(15)16)12-7(14)5-11-10(17)13(3)4/h6,8H,5H2,1-4H3,(H,11,17)(H,12,14)(H,15,16). The third kappa shape index (κ3) is 5.74. The molecule has 7 nitrogen and oxygen atoms in total. The Hall–Kier alpha value is -1.79. The number of carboxylic acid groups (broad SMARTS) is 1. The van der Waals surface area contributed by atoms with E-state index in [4.69, 9.17) is 5.11 Å². The number of aliphatic carboxylic acids is 1. The van der Waals surface area contributed by atoms with Crippen LogP contribution in [-0.2, 0) is 9.59 Å². The Kier molecular flexibility index (Phi) is 6.01. The zero-order chi connectivity index (χ0) is 13.6. The number of nitrogens with zero attached hydrogens (tertiary/aromatic N) is 1. The maximum Gasteiger partial charge on any atom is 0.326 e. The molecule has 0 aromatic carbocycles. The fraction of sp³-hybridized carbons (Fsp3) is 0.700. The van der Waals surface area contributed by atoms with Gasteiger partial charge in [0.2, 0.25) is 5.91 Å². The highest BCUT2D eigenvalue weighted by Crippen LogP contribution is 2.00. The molecular weight excluding hydrogens is 226 g/mol. The molecule has 0 aromatic rings. The van der Waals surface area contributed by atoms with Gasteiger partial charge < -0.3 is 20.6 Å². The number of carbonyl (C=O) groups is 3. The minimum Gasteiger partial charge on any atom is -0.480 e. The van der Waals surface area contributed by atoms with Gasteiger partial charge in [0.1, 0.15) is 6.04 Å². The number of hydrogen-bond donors (Lipinski definition) is 3. The summed E-state index contributed by atoms with van der Waals surface area (Å²) in [5, 5.41) is 13.5. The molecule has 3 N–H and O–H groups in total. The smallest absolute Gasteiger partial charge is 0.326 e. The maximum absolute atomic E-state index is 11.4. The number of amides is 3. The number of urea groups is 1. The molecule has 0 aliphatic rings. The molecule has 0 fully saturated rings. The Morgan fingerprint density at radius 3 is 2.12 bits per heavy atom. The topological polar surface area (TPSA) is 98.7 Å².